The van der Waals surface area contributed by atoms with Crippen molar-refractivity contribution in [2.45, 2.75) is 121 Å². The number of nitrogens with zero attached hydrogens (tertiary/aromatic N) is 5. The molecule has 2 aromatic carbocycles. The van der Waals surface area contributed by atoms with Gasteiger partial charge in [0.1, 0.15) is 23.7 Å². The Kier molecular flexibility index (Phi) is 36.3. The van der Waals surface area contributed by atoms with E-state index in [1.54, 1.807) is 0 Å². The molecule has 6 rings (SSSR count). The van der Waals surface area contributed by atoms with Gasteiger partial charge in [-0.2, -0.15) is 27.0 Å². The predicted molar refractivity (Wildman–Crippen MR) is 295 cm³/mol. The van der Waals surface area contributed by atoms with Crippen LogP contribution in [-0.2, 0) is 74.1 Å². The Morgan fingerprint density at radius 1 is 0.645 bits per heavy atom. The van der Waals surface area contributed by atoms with Crippen LogP contribution in [0.15, 0.2) is 60.7 Å². The normalized spacial score (nSPS) is 13.0. The summed E-state index contributed by atoms with van der Waals surface area (Å²) in [6.07, 6.45) is 1.94. The molecule has 0 aliphatic carbocycles. The van der Waals surface area contributed by atoms with Gasteiger partial charge < -0.3 is 57.3 Å². The predicted octanol–water partition coefficient (Wildman–Crippen LogP) is 2.20. The van der Waals surface area contributed by atoms with Gasteiger partial charge in [0.05, 0.1) is 25.6 Å². The van der Waals surface area contributed by atoms with E-state index in [1.807, 2.05) is 109 Å². The molecule has 25 heteroatoms. The zero-order valence-corrected chi connectivity index (χ0v) is 49.7. The molecule has 76 heavy (non-hydrogen) atoms. The summed E-state index contributed by atoms with van der Waals surface area (Å²) in [6.45, 7) is 19.5. The number of rotatable bonds is 8. The molecule has 0 saturated heterocycles. The number of amides is 2. The number of nitrogens with one attached hydrogen (secondary N) is 3. The van der Waals surface area contributed by atoms with Gasteiger partial charge in [-0.25, -0.2) is 38.9 Å². The first-order valence-electron chi connectivity index (χ1n) is 23.1. The van der Waals surface area contributed by atoms with Crippen molar-refractivity contribution in [2.24, 2.45) is 10.8 Å². The minimum Gasteiger partial charge on any atom is -0.793 e. The molecule has 0 fully saturated rings. The number of hydrogen-bond acceptors (Lipinski definition) is 17. The number of benzene rings is 2. The minimum atomic E-state index is -0.763. The van der Waals surface area contributed by atoms with Gasteiger partial charge in [-0.15, -0.1) is 0 Å². The molecule has 2 atom stereocenters. The van der Waals surface area contributed by atoms with Crippen LogP contribution in [0.3, 0.4) is 0 Å². The number of fused-ring (bicyclic) bond motifs is 2. The van der Waals surface area contributed by atoms with E-state index in [0.29, 0.717) is 24.5 Å². The number of aliphatic hydroxyl groups excluding tert-OH is 1. The summed E-state index contributed by atoms with van der Waals surface area (Å²) < 4.78 is 17.7. The van der Waals surface area contributed by atoms with Crippen molar-refractivity contribution >= 4 is 76.7 Å². The van der Waals surface area contributed by atoms with Gasteiger partial charge in [-0.05, 0) is 43.8 Å². The van der Waals surface area contributed by atoms with Crippen LogP contribution in [0.1, 0.15) is 115 Å². The number of carbonyl (C=O) groups excluding carboxylic acids is 7. The molecule has 2 aliphatic heterocycles. The molecule has 0 bridgehead atoms. The second-order valence-electron chi connectivity index (χ2n) is 18.5. The van der Waals surface area contributed by atoms with Crippen molar-refractivity contribution in [1.29, 1.82) is 0 Å². The van der Waals surface area contributed by atoms with Gasteiger partial charge in [-0.1, -0.05) is 110 Å². The smallest absolute Gasteiger partial charge is 0.793 e. The zero-order valence-electron chi connectivity index (χ0n) is 45.7. The number of carbonyl (C=O) groups is 7. The fourth-order valence-electron chi connectivity index (χ4n) is 7.19. The third-order valence-corrected chi connectivity index (χ3v) is 10.6. The number of aliphatic hydroxyl groups is 1. The van der Waals surface area contributed by atoms with Crippen LogP contribution in [0.25, 0.3) is 22.8 Å². The number of methoxy groups -OCH3 is 2. The van der Waals surface area contributed by atoms with Crippen LogP contribution in [0.2, 0.25) is 0 Å². The van der Waals surface area contributed by atoms with Gasteiger partial charge in [0.25, 0.3) is 11.8 Å². The summed E-state index contributed by atoms with van der Waals surface area (Å²) in [5.41, 5.74) is 3.40. The first-order chi connectivity index (χ1) is 33.9. The topological polar surface area (TPSA) is 261 Å². The number of imidazole rings is 2. The summed E-state index contributed by atoms with van der Waals surface area (Å²) in [7, 11) is 10.0. The van der Waals surface area contributed by atoms with Crippen molar-refractivity contribution < 1.29 is 92.1 Å². The number of ether oxygens (including phenoxy) is 2. The average molecular weight is 1110 g/mol. The summed E-state index contributed by atoms with van der Waals surface area (Å²) in [5, 5.41) is 16.1. The first kappa shape index (κ1) is 75.0. The average Bonchev–Trinajstić information content (AvgIpc) is 3.69. The van der Waals surface area contributed by atoms with Gasteiger partial charge in [0.2, 0.25) is 5.97 Å². The molecule has 3 radical (unpaired) electrons. The van der Waals surface area contributed by atoms with Crippen molar-refractivity contribution in [3.8, 4) is 22.8 Å². The fourth-order valence-corrected chi connectivity index (χ4v) is 7.19. The van der Waals surface area contributed by atoms with Crippen molar-refractivity contribution in [3.63, 3.8) is 0 Å². The Morgan fingerprint density at radius 3 is 1.37 bits per heavy atom. The summed E-state index contributed by atoms with van der Waals surface area (Å²) in [4.78, 5) is 99.3. The standard InChI is InChI=1S/C22H30N4O3.C21H28N4O3.C4H6O4.C2H3BO2.CH4O.CH4.Na.2H2S/c1-22(2,3)18(21(28)29-5)24-20(27)17-16-14-25(4)12-9-13-26(16)19(23-17)15-10-7-6-8-11-15;1-21(2,3)17(20(27)28-4)24-19(26)16-15-13-22-11-8-12-25(15)18(23-16)14-9-6-5-7-10-14;1-3(5)7-8-4(2)6;1-2(4)5-3;1-2;;;;/h6-8,10-11,18H,9,12-14H2,1-5H3,(H,24,27);5-7,9-10,17,22H,8,11-13H2,1-4H3,(H,24,26);1-2H3;1H3;2H,1H3;1H4;;2*1H2/q;;;-1;;;+1;;/t18-;17-;;;;;;;/m11......./s1. The van der Waals surface area contributed by atoms with Gasteiger partial charge in [0, 0.05) is 65.2 Å². The Morgan fingerprint density at radius 2 is 1.01 bits per heavy atom. The van der Waals surface area contributed by atoms with Crippen molar-refractivity contribution in [3.05, 3.63) is 83.4 Å². The molecule has 2 amide bonds. The van der Waals surface area contributed by atoms with E-state index < -0.39 is 52.8 Å². The maximum Gasteiger partial charge on any atom is 1.00 e. The van der Waals surface area contributed by atoms with Crippen LogP contribution in [0, 0.1) is 10.8 Å². The Hall–Kier alpha value is -5.21. The SMILES string of the molecule is C.CC(=O)OOC(C)=O.CO.COC(=O)[C@@H](NC(=O)c1nc(-c2ccccc2)n2c1CN(C)CCC2)C(C)(C)C.COC(=O)[C@@H](NC(=O)c1nc(-c2ccccc2)n2c1CNCCC2)C(C)(C)C.S.S.[B-]OC(C)=O.[Na+]. The van der Waals surface area contributed by atoms with E-state index in [4.69, 9.17) is 19.6 Å². The summed E-state index contributed by atoms with van der Waals surface area (Å²) in [6, 6.07) is 18.2. The minimum absolute atomic E-state index is 0. The molecule has 4 N–H and O–H groups in total. The summed E-state index contributed by atoms with van der Waals surface area (Å²) in [5.74, 6) is -1.83. The molecule has 0 unspecified atom stereocenters. The van der Waals surface area contributed by atoms with E-state index in [2.05, 4.69) is 57.4 Å². The molecular weight excluding hydrogens is 1030 g/mol. The third-order valence-electron chi connectivity index (χ3n) is 10.6. The van der Waals surface area contributed by atoms with E-state index in [9.17, 15) is 33.6 Å². The quantitative estimate of drug-likeness (QED) is 0.0853. The summed E-state index contributed by atoms with van der Waals surface area (Å²) >= 11 is 0. The van der Waals surface area contributed by atoms with Gasteiger partial charge in [-0.3, -0.25) is 14.4 Å². The zero-order chi connectivity index (χ0) is 54.3. The van der Waals surface area contributed by atoms with Crippen LogP contribution in [-0.4, -0.2) is 132 Å². The monoisotopic (exact) mass is 1110 g/mol. The Labute approximate surface area is 485 Å². The van der Waals surface area contributed by atoms with Gasteiger partial charge >= 0.3 is 53.4 Å². The number of aromatic nitrogens is 4. The van der Waals surface area contributed by atoms with Crippen LogP contribution < -0.4 is 45.5 Å². The Balaban J connectivity index is -0.00000106. The van der Waals surface area contributed by atoms with Crippen molar-refractivity contribution in [2.75, 3.05) is 41.5 Å². The Bertz CT molecular complexity index is 2420. The number of esters is 2. The van der Waals surface area contributed by atoms with E-state index >= 15 is 0 Å². The second kappa shape index (κ2) is 36.8. The molecule has 21 nitrogen and oxygen atoms in total. The maximum absolute atomic E-state index is 13.2. The second-order valence-corrected chi connectivity index (χ2v) is 18.5. The molecule has 0 saturated carbocycles. The molecule has 4 heterocycles. The molecule has 2 aliphatic rings. The van der Waals surface area contributed by atoms with Crippen molar-refractivity contribution in [1.82, 2.24) is 40.0 Å². The largest absolute Gasteiger partial charge is 1.00 e. The van der Waals surface area contributed by atoms with E-state index in [1.165, 1.54) is 21.1 Å². The van der Waals surface area contributed by atoms with Crippen LogP contribution >= 0.6 is 27.0 Å². The molecule has 4 aromatic rings. The molecule has 417 valence electrons. The van der Waals surface area contributed by atoms with Gasteiger partial charge in [0.15, 0.2) is 11.4 Å². The van der Waals surface area contributed by atoms with E-state index in [0.717, 1.165) is 94.1 Å². The molecule has 2 aromatic heterocycles. The van der Waals surface area contributed by atoms with Crippen LogP contribution in [0.4, 0.5) is 0 Å². The maximum atomic E-state index is 13.2. The first-order valence-corrected chi connectivity index (χ1v) is 23.1. The third kappa shape index (κ3) is 23.6. The van der Waals surface area contributed by atoms with E-state index in [-0.39, 0.29) is 75.8 Å². The molecule has 0 spiro atoms. The van der Waals surface area contributed by atoms with Crippen LogP contribution in [0.5, 0.6) is 0 Å². The number of hydrogen-bond donors (Lipinski definition) is 4. The fraction of sp³-hybridized carbons (Fsp3) is 0.510. The molecular formula is C51H79BN8NaO13S2.